The van der Waals surface area contributed by atoms with E-state index in [4.69, 9.17) is 20.0 Å². The number of fused-ring (bicyclic) bond motifs is 1. The number of ether oxygens (including phenoxy) is 2. The lowest BCUT2D eigenvalue weighted by Crippen LogP contribution is -2.31. The molecule has 0 atom stereocenters. The van der Waals surface area contributed by atoms with Gasteiger partial charge in [-0.05, 0) is 42.2 Å². The highest BCUT2D eigenvalue weighted by Gasteiger charge is 2.31. The Morgan fingerprint density at radius 2 is 1.86 bits per heavy atom. The number of Topliss-reactive ketones (excluding diaryl/α,β-unsaturated/α-hetero) is 1. The van der Waals surface area contributed by atoms with Gasteiger partial charge >= 0.3 is 5.97 Å². The van der Waals surface area contributed by atoms with Crippen molar-refractivity contribution < 1.29 is 29.0 Å². The van der Waals surface area contributed by atoms with Gasteiger partial charge in [0.25, 0.3) is 5.91 Å². The van der Waals surface area contributed by atoms with E-state index >= 15 is 0 Å². The van der Waals surface area contributed by atoms with Crippen LogP contribution in [0.4, 0.5) is 0 Å². The number of carboxylic acid groups (broad SMARTS) is 1. The Bertz CT molecular complexity index is 1520. The number of carbonyl (C=O) groups is 3. The number of amidine groups is 1. The molecule has 42 heavy (non-hydrogen) atoms. The molecule has 3 aromatic rings. The van der Waals surface area contributed by atoms with Crippen molar-refractivity contribution in [3.8, 4) is 17.4 Å². The van der Waals surface area contributed by atoms with Gasteiger partial charge < -0.3 is 24.8 Å². The molecule has 4 rings (SSSR count). The molecule has 2 aromatic heterocycles. The first-order valence-electron chi connectivity index (χ1n) is 13.2. The molecular weight excluding hydrogens is 606 g/mol. The fourth-order valence-corrected chi connectivity index (χ4v) is 4.48. The van der Waals surface area contributed by atoms with Crippen LogP contribution in [0.3, 0.4) is 0 Å². The summed E-state index contributed by atoms with van der Waals surface area (Å²) < 4.78 is 11.6. The van der Waals surface area contributed by atoms with Crippen molar-refractivity contribution >= 4 is 40.5 Å². The number of ketones is 1. The lowest BCUT2D eigenvalue weighted by Gasteiger charge is -2.24. The molecule has 0 fully saturated rings. The molecule has 11 nitrogen and oxygen atoms in total. The largest absolute Gasteiger partial charge is 0.491 e. The zero-order valence-corrected chi connectivity index (χ0v) is 25.8. The lowest BCUT2D eigenvalue weighted by atomic mass is 9.85. The fraction of sp³-hybridized carbons (Fsp3) is 0.333. The van der Waals surface area contributed by atoms with Crippen LogP contribution in [0, 0.1) is 5.41 Å². The van der Waals surface area contributed by atoms with Gasteiger partial charge in [-0.3, -0.25) is 19.8 Å². The van der Waals surface area contributed by atoms with Gasteiger partial charge in [0.15, 0.2) is 17.2 Å². The topological polar surface area (TPSA) is 155 Å². The molecule has 12 heteroatoms. The standard InChI is InChI=1S/C30H33N5O6.BrH/c1-6-40-23-13-19-15-35(28(31)26(19)34-27(23)29(39)32-5)16-21(36)18-8-9-22(20(12-18)30(2,3)4)41-24-10-7-17(14-33-24)11-25(37)38;/h7-10,12-14,31H,6,11,15-16H2,1-5H3,(H,32,39)(H,37,38);1H. The maximum absolute atomic E-state index is 13.4. The number of hydrogen-bond donors (Lipinski definition) is 3. The minimum atomic E-state index is -0.941. The van der Waals surface area contributed by atoms with E-state index in [0.717, 1.165) is 5.56 Å². The summed E-state index contributed by atoms with van der Waals surface area (Å²) in [5.41, 5.74) is 2.60. The van der Waals surface area contributed by atoms with E-state index in [0.29, 0.717) is 46.4 Å². The summed E-state index contributed by atoms with van der Waals surface area (Å²) in [6, 6.07) is 10.2. The SMILES string of the molecule is Br.CCOc1cc2c(nc1C(=O)NC)C(=N)N(CC(=O)c1ccc(Oc3ccc(CC(=O)O)cn3)c(C(C)(C)C)c1)C2. The van der Waals surface area contributed by atoms with Crippen molar-refractivity contribution in [2.75, 3.05) is 20.2 Å². The molecule has 0 radical (unpaired) electrons. The number of nitrogens with zero attached hydrogens (tertiary/aromatic N) is 3. The number of hydrogen-bond acceptors (Lipinski definition) is 8. The Kier molecular flexibility index (Phi) is 10.1. The van der Waals surface area contributed by atoms with Gasteiger partial charge in [-0.15, -0.1) is 17.0 Å². The number of aliphatic carboxylic acids is 1. The van der Waals surface area contributed by atoms with Gasteiger partial charge in [0.05, 0.1) is 19.6 Å². The molecule has 1 aliphatic heterocycles. The first kappa shape index (κ1) is 32.2. The predicted molar refractivity (Wildman–Crippen MR) is 161 cm³/mol. The van der Waals surface area contributed by atoms with Crippen LogP contribution in [-0.2, 0) is 23.2 Å². The molecule has 0 spiro atoms. The summed E-state index contributed by atoms with van der Waals surface area (Å²) in [6.07, 6.45) is 1.33. The second-order valence-corrected chi connectivity index (χ2v) is 10.6. The summed E-state index contributed by atoms with van der Waals surface area (Å²) in [6.45, 7) is 8.42. The summed E-state index contributed by atoms with van der Waals surface area (Å²) in [7, 11) is 1.50. The molecule has 0 saturated carbocycles. The Morgan fingerprint density at radius 3 is 2.45 bits per heavy atom. The minimum absolute atomic E-state index is 0. The van der Waals surface area contributed by atoms with E-state index in [1.54, 1.807) is 41.3 Å². The van der Waals surface area contributed by atoms with E-state index in [2.05, 4.69) is 15.3 Å². The van der Waals surface area contributed by atoms with Crippen molar-refractivity contribution in [2.24, 2.45) is 0 Å². The molecule has 0 unspecified atom stereocenters. The average Bonchev–Trinajstić information content (AvgIpc) is 3.22. The molecule has 0 bridgehead atoms. The Morgan fingerprint density at radius 1 is 1.12 bits per heavy atom. The highest BCUT2D eigenvalue weighted by molar-refractivity contribution is 8.93. The number of halogens is 1. The number of carboxylic acids is 1. The van der Waals surface area contributed by atoms with Crippen LogP contribution in [0.5, 0.6) is 17.4 Å². The van der Waals surface area contributed by atoms with Crippen molar-refractivity contribution in [2.45, 2.75) is 46.1 Å². The van der Waals surface area contributed by atoms with E-state index in [-0.39, 0.29) is 59.2 Å². The average molecular weight is 641 g/mol. The van der Waals surface area contributed by atoms with Gasteiger partial charge in [-0.1, -0.05) is 26.8 Å². The first-order valence-corrected chi connectivity index (χ1v) is 13.2. The second kappa shape index (κ2) is 13.1. The van der Waals surface area contributed by atoms with Gasteiger partial charge in [0.2, 0.25) is 5.88 Å². The number of carbonyl (C=O) groups excluding carboxylic acids is 2. The maximum atomic E-state index is 13.4. The third-order valence-electron chi connectivity index (χ3n) is 6.52. The summed E-state index contributed by atoms with van der Waals surface area (Å²) in [5, 5.41) is 20.2. The van der Waals surface area contributed by atoms with Crippen LogP contribution < -0.4 is 14.8 Å². The van der Waals surface area contributed by atoms with Crippen LogP contribution in [0.1, 0.15) is 70.9 Å². The van der Waals surface area contributed by atoms with Crippen molar-refractivity contribution in [3.63, 3.8) is 0 Å². The molecule has 1 aliphatic rings. The highest BCUT2D eigenvalue weighted by Crippen LogP contribution is 2.35. The molecule has 3 N–H and O–H groups in total. The first-order chi connectivity index (χ1) is 19.4. The Balaban J connectivity index is 0.00000484. The number of aromatic nitrogens is 2. The quantitative estimate of drug-likeness (QED) is 0.271. The molecule has 0 aliphatic carbocycles. The molecule has 1 amide bonds. The highest BCUT2D eigenvalue weighted by atomic mass is 79.9. The molecular formula is C30H34BrN5O6. The summed E-state index contributed by atoms with van der Waals surface area (Å²) in [4.78, 5) is 46.9. The number of benzene rings is 1. The van der Waals surface area contributed by atoms with Gasteiger partial charge in [-0.2, -0.15) is 0 Å². The smallest absolute Gasteiger partial charge is 0.307 e. The molecule has 1 aromatic carbocycles. The number of amides is 1. The van der Waals surface area contributed by atoms with Gasteiger partial charge in [0, 0.05) is 42.5 Å². The second-order valence-electron chi connectivity index (χ2n) is 10.6. The van der Waals surface area contributed by atoms with E-state index < -0.39 is 11.9 Å². The minimum Gasteiger partial charge on any atom is -0.491 e. The number of nitrogens with one attached hydrogen (secondary N) is 2. The van der Waals surface area contributed by atoms with Crippen LogP contribution in [0.2, 0.25) is 0 Å². The van der Waals surface area contributed by atoms with Gasteiger partial charge in [0.1, 0.15) is 17.3 Å². The third kappa shape index (κ3) is 7.11. The fourth-order valence-electron chi connectivity index (χ4n) is 4.48. The van der Waals surface area contributed by atoms with Crippen LogP contribution in [0.25, 0.3) is 0 Å². The van der Waals surface area contributed by atoms with Gasteiger partial charge in [-0.25, -0.2) is 9.97 Å². The van der Waals surface area contributed by atoms with Crippen LogP contribution in [0.15, 0.2) is 42.6 Å². The van der Waals surface area contributed by atoms with Crippen LogP contribution in [-0.4, -0.2) is 63.7 Å². The van der Waals surface area contributed by atoms with E-state index in [1.165, 1.54) is 13.2 Å². The van der Waals surface area contributed by atoms with E-state index in [1.807, 2.05) is 27.7 Å². The third-order valence-corrected chi connectivity index (χ3v) is 6.52. The Labute approximate surface area is 254 Å². The predicted octanol–water partition coefficient (Wildman–Crippen LogP) is 4.55. The Hall–Kier alpha value is -4.32. The van der Waals surface area contributed by atoms with Crippen molar-refractivity contribution in [3.05, 3.63) is 76.2 Å². The maximum Gasteiger partial charge on any atom is 0.307 e. The zero-order valence-electron chi connectivity index (χ0n) is 24.1. The molecule has 3 heterocycles. The zero-order chi connectivity index (χ0) is 29.9. The van der Waals surface area contributed by atoms with Crippen molar-refractivity contribution in [1.29, 1.82) is 5.41 Å². The number of pyridine rings is 2. The van der Waals surface area contributed by atoms with E-state index in [9.17, 15) is 14.4 Å². The summed E-state index contributed by atoms with van der Waals surface area (Å²) >= 11 is 0. The van der Waals surface area contributed by atoms with Crippen LogP contribution >= 0.6 is 17.0 Å². The molecule has 0 saturated heterocycles. The molecule has 222 valence electrons. The lowest BCUT2D eigenvalue weighted by molar-refractivity contribution is -0.136. The monoisotopic (exact) mass is 639 g/mol. The normalized spacial score (nSPS) is 12.3. The number of rotatable bonds is 10. The summed E-state index contributed by atoms with van der Waals surface area (Å²) in [5.74, 6) is -0.304. The van der Waals surface area contributed by atoms with Crippen molar-refractivity contribution in [1.82, 2.24) is 20.2 Å².